The normalized spacial score (nSPS) is 11.5. The summed E-state index contributed by atoms with van der Waals surface area (Å²) in [5.41, 5.74) is 0.552. The van der Waals surface area contributed by atoms with E-state index in [1.165, 1.54) is 18.3 Å². The molecule has 3 rings (SSSR count). The first-order chi connectivity index (χ1) is 15.1. The largest absolute Gasteiger partial charge is 0.433 e. The molecule has 0 saturated heterocycles. The SMILES string of the molecule is CC(=N)c1nc(-c2ccc[nH]c2=O)cc(NCc2cccnc2C(F)(F)F)c1NC(C)C. The number of hydrogen-bond acceptors (Lipinski definition) is 6. The summed E-state index contributed by atoms with van der Waals surface area (Å²) in [6, 6.07) is 7.58. The number of anilines is 2. The number of pyridine rings is 3. The van der Waals surface area contributed by atoms with E-state index in [1.54, 1.807) is 25.1 Å². The zero-order valence-corrected chi connectivity index (χ0v) is 17.8. The zero-order valence-electron chi connectivity index (χ0n) is 17.8. The predicted octanol–water partition coefficient (Wildman–Crippen LogP) is 4.67. The van der Waals surface area contributed by atoms with Gasteiger partial charge in [0.15, 0.2) is 0 Å². The van der Waals surface area contributed by atoms with Crippen LogP contribution in [-0.4, -0.2) is 26.7 Å². The molecule has 0 aromatic carbocycles. The van der Waals surface area contributed by atoms with Crippen LogP contribution >= 0.6 is 0 Å². The van der Waals surface area contributed by atoms with Crippen LogP contribution in [0.15, 0.2) is 47.5 Å². The molecule has 3 aromatic heterocycles. The molecule has 0 aliphatic heterocycles. The lowest BCUT2D eigenvalue weighted by atomic mass is 10.1. The molecule has 0 spiro atoms. The van der Waals surface area contributed by atoms with Gasteiger partial charge < -0.3 is 21.0 Å². The minimum Gasteiger partial charge on any atom is -0.379 e. The molecule has 0 saturated carbocycles. The highest BCUT2D eigenvalue weighted by Gasteiger charge is 2.35. The van der Waals surface area contributed by atoms with E-state index < -0.39 is 11.9 Å². The Bertz CT molecular complexity index is 1190. The summed E-state index contributed by atoms with van der Waals surface area (Å²) in [7, 11) is 0. The van der Waals surface area contributed by atoms with Gasteiger partial charge in [0, 0.05) is 30.5 Å². The molecular weight excluding hydrogens is 421 g/mol. The van der Waals surface area contributed by atoms with Crippen LogP contribution < -0.4 is 16.2 Å². The molecule has 0 aliphatic rings. The highest BCUT2D eigenvalue weighted by molar-refractivity contribution is 6.03. The van der Waals surface area contributed by atoms with Crippen molar-refractivity contribution in [1.29, 1.82) is 5.41 Å². The van der Waals surface area contributed by atoms with Gasteiger partial charge in [-0.25, -0.2) is 4.98 Å². The molecule has 4 N–H and O–H groups in total. The van der Waals surface area contributed by atoms with Crippen LogP contribution in [0.4, 0.5) is 24.5 Å². The van der Waals surface area contributed by atoms with Crippen molar-refractivity contribution in [2.75, 3.05) is 10.6 Å². The van der Waals surface area contributed by atoms with Gasteiger partial charge in [0.2, 0.25) is 0 Å². The number of nitrogens with zero attached hydrogens (tertiary/aromatic N) is 2. The number of hydrogen-bond donors (Lipinski definition) is 4. The van der Waals surface area contributed by atoms with E-state index in [0.717, 1.165) is 6.20 Å². The lowest BCUT2D eigenvalue weighted by Gasteiger charge is -2.21. The van der Waals surface area contributed by atoms with E-state index in [0.29, 0.717) is 22.8 Å². The summed E-state index contributed by atoms with van der Waals surface area (Å²) >= 11 is 0. The summed E-state index contributed by atoms with van der Waals surface area (Å²) in [6.45, 7) is 5.18. The van der Waals surface area contributed by atoms with E-state index in [2.05, 4.69) is 25.6 Å². The van der Waals surface area contributed by atoms with Gasteiger partial charge in [-0.2, -0.15) is 13.2 Å². The van der Waals surface area contributed by atoms with Crippen molar-refractivity contribution < 1.29 is 13.2 Å². The highest BCUT2D eigenvalue weighted by Crippen LogP contribution is 2.33. The summed E-state index contributed by atoms with van der Waals surface area (Å²) in [5, 5.41) is 14.4. The first kappa shape index (κ1) is 23.0. The maximum atomic E-state index is 13.3. The van der Waals surface area contributed by atoms with Crippen LogP contribution in [0.2, 0.25) is 0 Å². The predicted molar refractivity (Wildman–Crippen MR) is 118 cm³/mol. The van der Waals surface area contributed by atoms with Crippen molar-refractivity contribution in [3.8, 4) is 11.3 Å². The Labute approximate surface area is 182 Å². The Morgan fingerprint density at radius 2 is 2.00 bits per heavy atom. The maximum Gasteiger partial charge on any atom is 0.433 e. The van der Waals surface area contributed by atoms with Crippen molar-refractivity contribution in [1.82, 2.24) is 15.0 Å². The standard InChI is InChI=1S/C22H23F3N6O/c1-12(2)30-19-17(29-11-14-6-4-8-27-20(14)22(23,24)25)10-16(31-18(19)13(3)26)15-7-5-9-28-21(15)32/h4-10,12,26,30H,11H2,1-3H3,(H,28,32)(H,29,31). The minimum atomic E-state index is -4.59. The minimum absolute atomic E-state index is 0.0282. The van der Waals surface area contributed by atoms with Gasteiger partial charge in [-0.15, -0.1) is 0 Å². The number of aromatic nitrogens is 3. The van der Waals surface area contributed by atoms with Crippen LogP contribution in [0.25, 0.3) is 11.3 Å². The van der Waals surface area contributed by atoms with Crippen molar-refractivity contribution >= 4 is 17.1 Å². The summed E-state index contributed by atoms with van der Waals surface area (Å²) < 4.78 is 40.0. The molecule has 168 valence electrons. The Kier molecular flexibility index (Phi) is 6.61. The average molecular weight is 444 g/mol. The fourth-order valence-corrected chi connectivity index (χ4v) is 3.18. The fraction of sp³-hybridized carbons (Fsp3) is 0.273. The summed E-state index contributed by atoms with van der Waals surface area (Å²) in [6.07, 6.45) is -2.00. The van der Waals surface area contributed by atoms with E-state index in [-0.39, 0.29) is 35.0 Å². The highest BCUT2D eigenvalue weighted by atomic mass is 19.4. The molecule has 0 fully saturated rings. The van der Waals surface area contributed by atoms with E-state index in [9.17, 15) is 18.0 Å². The second-order valence-electron chi connectivity index (χ2n) is 7.48. The van der Waals surface area contributed by atoms with E-state index >= 15 is 0 Å². The first-order valence-corrected chi connectivity index (χ1v) is 9.88. The molecule has 3 heterocycles. The molecule has 0 radical (unpaired) electrons. The topological polar surface area (TPSA) is 107 Å². The average Bonchev–Trinajstić information content (AvgIpc) is 2.72. The second kappa shape index (κ2) is 9.21. The van der Waals surface area contributed by atoms with Gasteiger partial charge in [-0.05, 0) is 45.0 Å². The lowest BCUT2D eigenvalue weighted by molar-refractivity contribution is -0.141. The van der Waals surface area contributed by atoms with Crippen molar-refractivity contribution in [2.45, 2.75) is 39.5 Å². The van der Waals surface area contributed by atoms with Gasteiger partial charge in [-0.1, -0.05) is 6.07 Å². The third kappa shape index (κ3) is 5.13. The van der Waals surface area contributed by atoms with Gasteiger partial charge in [0.1, 0.15) is 11.4 Å². The Balaban J connectivity index is 2.12. The van der Waals surface area contributed by atoms with E-state index in [4.69, 9.17) is 5.41 Å². The Hall–Kier alpha value is -3.69. The Morgan fingerprint density at radius 1 is 1.25 bits per heavy atom. The second-order valence-corrected chi connectivity index (χ2v) is 7.48. The number of rotatable bonds is 7. The maximum absolute atomic E-state index is 13.3. The van der Waals surface area contributed by atoms with Crippen molar-refractivity contribution in [3.63, 3.8) is 0 Å². The number of aromatic amines is 1. The van der Waals surface area contributed by atoms with Crippen LogP contribution in [0, 0.1) is 5.41 Å². The molecule has 32 heavy (non-hydrogen) atoms. The summed E-state index contributed by atoms with van der Waals surface area (Å²) in [5.74, 6) is 0. The zero-order chi connectivity index (χ0) is 23.5. The van der Waals surface area contributed by atoms with Crippen molar-refractivity contribution in [3.05, 3.63) is 70.0 Å². The van der Waals surface area contributed by atoms with Gasteiger partial charge in [0.25, 0.3) is 5.56 Å². The van der Waals surface area contributed by atoms with Crippen LogP contribution in [0.3, 0.4) is 0 Å². The third-order valence-electron chi connectivity index (χ3n) is 4.53. The van der Waals surface area contributed by atoms with Crippen molar-refractivity contribution in [2.24, 2.45) is 0 Å². The molecule has 0 aliphatic carbocycles. The molecule has 10 heteroatoms. The van der Waals surface area contributed by atoms with E-state index in [1.807, 2.05) is 13.8 Å². The summed E-state index contributed by atoms with van der Waals surface area (Å²) in [4.78, 5) is 22.8. The number of H-pyrrole nitrogens is 1. The number of alkyl halides is 3. The number of nitrogens with one attached hydrogen (secondary N) is 4. The first-order valence-electron chi connectivity index (χ1n) is 9.88. The van der Waals surface area contributed by atoms with Crippen LogP contribution in [0.5, 0.6) is 0 Å². The molecular formula is C22H23F3N6O. The lowest BCUT2D eigenvalue weighted by Crippen LogP contribution is -2.19. The van der Waals surface area contributed by atoms with Gasteiger partial charge in [-0.3, -0.25) is 9.78 Å². The molecule has 0 unspecified atom stereocenters. The third-order valence-corrected chi connectivity index (χ3v) is 4.53. The van der Waals surface area contributed by atoms with Gasteiger partial charge in [0.05, 0.1) is 28.3 Å². The molecule has 0 atom stereocenters. The molecule has 0 amide bonds. The molecule has 0 bridgehead atoms. The number of halogens is 3. The van der Waals surface area contributed by atoms with Gasteiger partial charge >= 0.3 is 6.18 Å². The van der Waals surface area contributed by atoms with Crippen LogP contribution in [0.1, 0.15) is 37.7 Å². The fourth-order valence-electron chi connectivity index (χ4n) is 3.18. The Morgan fingerprint density at radius 3 is 2.62 bits per heavy atom. The quantitative estimate of drug-likeness (QED) is 0.396. The monoisotopic (exact) mass is 444 g/mol. The molecule has 7 nitrogen and oxygen atoms in total. The van der Waals surface area contributed by atoms with Crippen LogP contribution in [-0.2, 0) is 12.7 Å². The molecule has 3 aromatic rings. The smallest absolute Gasteiger partial charge is 0.379 e.